The molecule has 0 saturated carbocycles. The van der Waals surface area contributed by atoms with Crippen LogP contribution in [-0.2, 0) is 10.0 Å². The molecule has 1 N–H and O–H groups in total. The van der Waals surface area contributed by atoms with E-state index in [2.05, 4.69) is 4.72 Å². The van der Waals surface area contributed by atoms with Gasteiger partial charge in [-0.15, -0.1) is 0 Å². The Balaban J connectivity index is 2.97. The van der Waals surface area contributed by atoms with Gasteiger partial charge in [-0.05, 0) is 38.5 Å². The molecule has 0 aromatic heterocycles. The van der Waals surface area contributed by atoms with Crippen molar-refractivity contribution in [3.8, 4) is 5.75 Å². The molecule has 0 aliphatic rings. The van der Waals surface area contributed by atoms with Crippen LogP contribution in [0.25, 0.3) is 0 Å². The number of sulfonamides is 1. The highest BCUT2D eigenvalue weighted by Gasteiger charge is 2.16. The molecule has 1 aromatic rings. The molecule has 0 saturated heterocycles. The summed E-state index contributed by atoms with van der Waals surface area (Å²) in [6, 6.07) is 3.63. The standard InChI is InChI=1S/C12H18FNO3S/c1-4-7-14-18(15,16)10-5-6-12(11(13)8-10)17-9(2)3/h5-6,8-9,14H,4,7H2,1-3H3. The summed E-state index contributed by atoms with van der Waals surface area (Å²) in [7, 11) is -3.64. The monoisotopic (exact) mass is 275 g/mol. The van der Waals surface area contributed by atoms with Gasteiger partial charge in [-0.2, -0.15) is 0 Å². The zero-order valence-corrected chi connectivity index (χ0v) is 11.6. The summed E-state index contributed by atoms with van der Waals surface area (Å²) in [5.41, 5.74) is 0. The first-order chi connectivity index (χ1) is 8.36. The van der Waals surface area contributed by atoms with E-state index in [1.54, 1.807) is 13.8 Å². The molecule has 102 valence electrons. The third-order valence-corrected chi connectivity index (χ3v) is 3.58. The van der Waals surface area contributed by atoms with Crippen molar-refractivity contribution in [2.45, 2.75) is 38.2 Å². The molecule has 0 spiro atoms. The van der Waals surface area contributed by atoms with E-state index in [1.165, 1.54) is 12.1 Å². The molecule has 18 heavy (non-hydrogen) atoms. The number of hydrogen-bond donors (Lipinski definition) is 1. The maximum absolute atomic E-state index is 13.6. The molecule has 0 bridgehead atoms. The van der Waals surface area contributed by atoms with Gasteiger partial charge in [0.15, 0.2) is 11.6 Å². The van der Waals surface area contributed by atoms with E-state index in [4.69, 9.17) is 4.74 Å². The summed E-state index contributed by atoms with van der Waals surface area (Å²) >= 11 is 0. The van der Waals surface area contributed by atoms with E-state index in [0.29, 0.717) is 13.0 Å². The molecule has 1 aromatic carbocycles. The van der Waals surface area contributed by atoms with Crippen LogP contribution in [0.4, 0.5) is 4.39 Å². The molecule has 6 heteroatoms. The van der Waals surface area contributed by atoms with Crippen molar-refractivity contribution >= 4 is 10.0 Å². The SMILES string of the molecule is CCCNS(=O)(=O)c1ccc(OC(C)C)c(F)c1. The lowest BCUT2D eigenvalue weighted by Gasteiger charge is -2.11. The van der Waals surface area contributed by atoms with Crippen LogP contribution in [0.2, 0.25) is 0 Å². The van der Waals surface area contributed by atoms with Crippen LogP contribution in [0.15, 0.2) is 23.1 Å². The number of halogens is 1. The Morgan fingerprint density at radius 2 is 2.06 bits per heavy atom. The van der Waals surface area contributed by atoms with Gasteiger partial charge in [0.25, 0.3) is 0 Å². The zero-order chi connectivity index (χ0) is 13.8. The third-order valence-electron chi connectivity index (χ3n) is 2.12. The fraction of sp³-hybridized carbons (Fsp3) is 0.500. The number of nitrogens with one attached hydrogen (secondary N) is 1. The maximum atomic E-state index is 13.6. The smallest absolute Gasteiger partial charge is 0.240 e. The van der Waals surface area contributed by atoms with Gasteiger partial charge in [0.2, 0.25) is 10.0 Å². The van der Waals surface area contributed by atoms with E-state index >= 15 is 0 Å². The van der Waals surface area contributed by atoms with Gasteiger partial charge in [0.05, 0.1) is 11.0 Å². The summed E-state index contributed by atoms with van der Waals surface area (Å²) in [4.78, 5) is -0.0930. The Labute approximate surface area is 107 Å². The quantitative estimate of drug-likeness (QED) is 0.866. The molecular weight excluding hydrogens is 257 g/mol. The Hall–Kier alpha value is -1.14. The fourth-order valence-electron chi connectivity index (χ4n) is 1.32. The molecule has 0 aliphatic heterocycles. The highest BCUT2D eigenvalue weighted by molar-refractivity contribution is 7.89. The third kappa shape index (κ3) is 3.96. The molecule has 0 radical (unpaired) electrons. The largest absolute Gasteiger partial charge is 0.488 e. The van der Waals surface area contributed by atoms with Crippen molar-refractivity contribution in [2.24, 2.45) is 0 Å². The van der Waals surface area contributed by atoms with E-state index in [-0.39, 0.29) is 16.7 Å². The van der Waals surface area contributed by atoms with Crippen LogP contribution >= 0.6 is 0 Å². The first-order valence-corrected chi connectivity index (χ1v) is 7.31. The number of hydrogen-bond acceptors (Lipinski definition) is 3. The lowest BCUT2D eigenvalue weighted by atomic mass is 10.3. The minimum Gasteiger partial charge on any atom is -0.488 e. The van der Waals surface area contributed by atoms with Crippen LogP contribution < -0.4 is 9.46 Å². The molecule has 0 amide bonds. The predicted molar refractivity (Wildman–Crippen MR) is 67.6 cm³/mol. The number of benzene rings is 1. The lowest BCUT2D eigenvalue weighted by Crippen LogP contribution is -2.24. The number of rotatable bonds is 6. The molecular formula is C12H18FNO3S. The molecule has 0 atom stereocenters. The summed E-state index contributed by atoms with van der Waals surface area (Å²) < 4.78 is 44.7. The van der Waals surface area contributed by atoms with Gasteiger partial charge in [0.1, 0.15) is 0 Å². The van der Waals surface area contributed by atoms with Crippen LogP contribution in [0.1, 0.15) is 27.2 Å². The number of ether oxygens (including phenoxy) is 1. The summed E-state index contributed by atoms with van der Waals surface area (Å²) in [6.07, 6.45) is 0.510. The van der Waals surface area contributed by atoms with Crippen molar-refractivity contribution < 1.29 is 17.5 Å². The second kappa shape index (κ2) is 6.15. The topological polar surface area (TPSA) is 55.4 Å². The van der Waals surface area contributed by atoms with E-state index in [0.717, 1.165) is 6.07 Å². The van der Waals surface area contributed by atoms with Crippen molar-refractivity contribution in [2.75, 3.05) is 6.54 Å². The van der Waals surface area contributed by atoms with Gasteiger partial charge in [-0.25, -0.2) is 17.5 Å². The first kappa shape index (κ1) is 14.9. The molecule has 0 heterocycles. The van der Waals surface area contributed by atoms with Crippen LogP contribution in [0, 0.1) is 5.82 Å². The Bertz CT molecular complexity index is 500. The Morgan fingerprint density at radius 3 is 2.56 bits per heavy atom. The second-order valence-electron chi connectivity index (χ2n) is 4.16. The molecule has 0 aliphatic carbocycles. The Morgan fingerprint density at radius 1 is 1.39 bits per heavy atom. The summed E-state index contributed by atoms with van der Waals surface area (Å²) in [5, 5.41) is 0. The summed E-state index contributed by atoms with van der Waals surface area (Å²) in [5.74, 6) is -0.623. The van der Waals surface area contributed by atoms with Gasteiger partial charge < -0.3 is 4.74 Å². The van der Waals surface area contributed by atoms with Gasteiger partial charge in [0, 0.05) is 6.54 Å². The van der Waals surface area contributed by atoms with Crippen molar-refractivity contribution in [1.29, 1.82) is 0 Å². The minimum absolute atomic E-state index is 0.0550. The normalized spacial score (nSPS) is 11.8. The van der Waals surface area contributed by atoms with E-state index < -0.39 is 15.8 Å². The van der Waals surface area contributed by atoms with Crippen molar-refractivity contribution in [3.63, 3.8) is 0 Å². The average Bonchev–Trinajstić information content (AvgIpc) is 2.28. The van der Waals surface area contributed by atoms with E-state index in [1.807, 2.05) is 6.92 Å². The fourth-order valence-corrected chi connectivity index (χ4v) is 2.46. The first-order valence-electron chi connectivity index (χ1n) is 5.82. The van der Waals surface area contributed by atoms with Crippen LogP contribution in [-0.4, -0.2) is 21.1 Å². The van der Waals surface area contributed by atoms with E-state index in [9.17, 15) is 12.8 Å². The lowest BCUT2D eigenvalue weighted by molar-refractivity contribution is 0.231. The highest BCUT2D eigenvalue weighted by atomic mass is 32.2. The molecule has 1 rings (SSSR count). The van der Waals surface area contributed by atoms with Crippen molar-refractivity contribution in [1.82, 2.24) is 4.72 Å². The molecule has 0 fully saturated rings. The molecule has 4 nitrogen and oxygen atoms in total. The highest BCUT2D eigenvalue weighted by Crippen LogP contribution is 2.21. The zero-order valence-electron chi connectivity index (χ0n) is 10.7. The minimum atomic E-state index is -3.64. The predicted octanol–water partition coefficient (Wildman–Crippen LogP) is 2.30. The molecule has 0 unspecified atom stereocenters. The van der Waals surface area contributed by atoms with Crippen LogP contribution in [0.5, 0.6) is 5.75 Å². The summed E-state index contributed by atoms with van der Waals surface area (Å²) in [6.45, 7) is 5.72. The van der Waals surface area contributed by atoms with Crippen molar-refractivity contribution in [3.05, 3.63) is 24.0 Å². The van der Waals surface area contributed by atoms with Gasteiger partial charge >= 0.3 is 0 Å². The van der Waals surface area contributed by atoms with Gasteiger partial charge in [-0.3, -0.25) is 0 Å². The average molecular weight is 275 g/mol. The van der Waals surface area contributed by atoms with Gasteiger partial charge in [-0.1, -0.05) is 6.92 Å². The second-order valence-corrected chi connectivity index (χ2v) is 5.92. The van der Waals surface area contributed by atoms with Crippen LogP contribution in [0.3, 0.4) is 0 Å². The maximum Gasteiger partial charge on any atom is 0.240 e. The Kier molecular flexibility index (Phi) is 5.10.